The van der Waals surface area contributed by atoms with E-state index in [9.17, 15) is 18.0 Å². The summed E-state index contributed by atoms with van der Waals surface area (Å²) in [6, 6.07) is 12.2. The second-order valence-electron chi connectivity index (χ2n) is 8.40. The van der Waals surface area contributed by atoms with Crippen molar-refractivity contribution >= 4 is 39.1 Å². The molecule has 7 nitrogen and oxygen atoms in total. The van der Waals surface area contributed by atoms with E-state index in [4.69, 9.17) is 11.6 Å². The topological polar surface area (TPSA) is 86.8 Å². The van der Waals surface area contributed by atoms with Gasteiger partial charge in [0, 0.05) is 31.1 Å². The molecule has 2 amide bonds. The number of sulfonamides is 1. The van der Waals surface area contributed by atoms with Gasteiger partial charge in [-0.25, -0.2) is 8.42 Å². The molecule has 0 aromatic heterocycles. The maximum atomic E-state index is 13.2. The fraction of sp³-hybridized carbons (Fsp3) is 0.440. The van der Waals surface area contributed by atoms with E-state index >= 15 is 0 Å². The average molecular weight is 508 g/mol. The molecule has 9 heteroatoms. The normalized spacial score (nSPS) is 12.2. The molecule has 0 aliphatic rings. The molecule has 186 valence electrons. The van der Waals surface area contributed by atoms with Gasteiger partial charge in [0.15, 0.2) is 0 Å². The highest BCUT2D eigenvalue weighted by Crippen LogP contribution is 2.28. The van der Waals surface area contributed by atoms with Crippen LogP contribution in [0.5, 0.6) is 0 Å². The van der Waals surface area contributed by atoms with Crippen LogP contribution in [0.2, 0.25) is 5.02 Å². The van der Waals surface area contributed by atoms with E-state index in [1.54, 1.807) is 36.9 Å². The number of benzene rings is 2. The predicted octanol–water partition coefficient (Wildman–Crippen LogP) is 4.06. The molecule has 0 fully saturated rings. The number of aryl methyl sites for hydroxylation is 1. The van der Waals surface area contributed by atoms with Gasteiger partial charge in [0.25, 0.3) is 0 Å². The molecular weight excluding hydrogens is 474 g/mol. The van der Waals surface area contributed by atoms with Crippen LogP contribution < -0.4 is 9.62 Å². The van der Waals surface area contributed by atoms with Gasteiger partial charge in [-0.05, 0) is 57.4 Å². The van der Waals surface area contributed by atoms with E-state index in [1.165, 1.54) is 4.31 Å². The zero-order chi connectivity index (χ0) is 25.5. The Hall–Kier alpha value is -2.58. The molecule has 0 radical (unpaired) electrons. The lowest BCUT2D eigenvalue weighted by atomic mass is 10.1. The Bertz CT molecular complexity index is 1120. The third-order valence-corrected chi connectivity index (χ3v) is 7.20. The average Bonchev–Trinajstić information content (AvgIpc) is 2.76. The summed E-state index contributed by atoms with van der Waals surface area (Å²) in [5, 5.41) is 3.25. The van der Waals surface area contributed by atoms with Crippen LogP contribution in [0.1, 0.15) is 43.4 Å². The van der Waals surface area contributed by atoms with Gasteiger partial charge < -0.3 is 10.2 Å². The summed E-state index contributed by atoms with van der Waals surface area (Å²) >= 11 is 6.19. The van der Waals surface area contributed by atoms with Crippen LogP contribution in [0.3, 0.4) is 0 Å². The summed E-state index contributed by atoms with van der Waals surface area (Å²) in [7, 11) is -3.58. The summed E-state index contributed by atoms with van der Waals surface area (Å²) in [5.74, 6) is -0.438. The Kier molecular flexibility index (Phi) is 9.94. The maximum Gasteiger partial charge on any atom is 0.242 e. The lowest BCUT2D eigenvalue weighted by Crippen LogP contribution is -2.47. The molecule has 1 atom stereocenters. The van der Waals surface area contributed by atoms with Gasteiger partial charge in [0.05, 0.1) is 11.9 Å². The number of carbonyl (C=O) groups is 2. The number of amides is 2. The number of nitrogens with one attached hydrogen (secondary N) is 1. The smallest absolute Gasteiger partial charge is 0.242 e. The van der Waals surface area contributed by atoms with Crippen LogP contribution >= 0.6 is 11.6 Å². The SMILES string of the molecule is CCNC(=O)[C@H](C)N(Cc1cccc(C)c1)C(=O)CCCN(c1cccc(Cl)c1C)S(C)(=O)=O. The van der Waals surface area contributed by atoms with Gasteiger partial charge in [-0.15, -0.1) is 0 Å². The highest BCUT2D eigenvalue weighted by atomic mass is 35.5. The van der Waals surface area contributed by atoms with Crippen LogP contribution in [-0.4, -0.2) is 50.5 Å². The summed E-state index contributed by atoms with van der Waals surface area (Å²) in [4.78, 5) is 27.3. The lowest BCUT2D eigenvalue weighted by Gasteiger charge is -2.29. The molecule has 0 saturated carbocycles. The molecule has 0 saturated heterocycles. The first-order valence-electron chi connectivity index (χ1n) is 11.3. The molecule has 34 heavy (non-hydrogen) atoms. The Labute approximate surface area is 208 Å². The van der Waals surface area contributed by atoms with E-state index in [-0.39, 0.29) is 24.8 Å². The largest absolute Gasteiger partial charge is 0.355 e. The fourth-order valence-corrected chi connectivity index (χ4v) is 4.95. The monoisotopic (exact) mass is 507 g/mol. The summed E-state index contributed by atoms with van der Waals surface area (Å²) in [6.45, 7) is 8.16. The van der Waals surface area contributed by atoms with E-state index in [1.807, 2.05) is 38.1 Å². The summed E-state index contributed by atoms with van der Waals surface area (Å²) < 4.78 is 26.2. The number of nitrogens with zero attached hydrogens (tertiary/aromatic N) is 2. The number of anilines is 1. The first kappa shape index (κ1) is 27.7. The van der Waals surface area contributed by atoms with Crippen molar-refractivity contribution in [3.8, 4) is 0 Å². The molecule has 2 rings (SSSR count). The van der Waals surface area contributed by atoms with Crippen molar-refractivity contribution in [3.63, 3.8) is 0 Å². The Balaban J connectivity index is 2.19. The first-order chi connectivity index (χ1) is 16.0. The quantitative estimate of drug-likeness (QED) is 0.497. The van der Waals surface area contributed by atoms with Crippen LogP contribution in [-0.2, 0) is 26.2 Å². The van der Waals surface area contributed by atoms with Gasteiger partial charge in [-0.1, -0.05) is 47.5 Å². The van der Waals surface area contributed by atoms with Crippen molar-refractivity contribution in [1.29, 1.82) is 0 Å². The Morgan fingerprint density at radius 3 is 2.41 bits per heavy atom. The van der Waals surface area contributed by atoms with Crippen molar-refractivity contribution < 1.29 is 18.0 Å². The van der Waals surface area contributed by atoms with Gasteiger partial charge in [0.1, 0.15) is 6.04 Å². The van der Waals surface area contributed by atoms with E-state index in [0.717, 1.165) is 17.4 Å². The van der Waals surface area contributed by atoms with Crippen molar-refractivity contribution in [2.75, 3.05) is 23.7 Å². The van der Waals surface area contributed by atoms with Crippen molar-refractivity contribution in [2.24, 2.45) is 0 Å². The van der Waals surface area contributed by atoms with Crippen molar-refractivity contribution in [2.45, 2.75) is 53.1 Å². The highest BCUT2D eigenvalue weighted by Gasteiger charge is 2.26. The standard InChI is InChI=1S/C25H34ClN3O4S/c1-6-27-25(31)20(4)28(17-21-11-7-10-18(2)16-21)24(30)14-9-15-29(34(5,32)33)23-13-8-12-22(26)19(23)3/h7-8,10-13,16,20H,6,9,14-15,17H2,1-5H3,(H,27,31)/t20-/m0/s1. The van der Waals surface area contributed by atoms with E-state index in [2.05, 4.69) is 5.32 Å². The molecule has 1 N–H and O–H groups in total. The summed E-state index contributed by atoms with van der Waals surface area (Å²) in [5.41, 5.74) is 3.15. The van der Waals surface area contributed by atoms with Gasteiger partial charge >= 0.3 is 0 Å². The lowest BCUT2D eigenvalue weighted by molar-refractivity contribution is -0.140. The highest BCUT2D eigenvalue weighted by molar-refractivity contribution is 7.92. The molecule has 0 aliphatic carbocycles. The molecule has 0 spiro atoms. The van der Waals surface area contributed by atoms with Crippen molar-refractivity contribution in [3.05, 3.63) is 64.2 Å². The molecule has 0 unspecified atom stereocenters. The molecule has 0 aliphatic heterocycles. The molecule has 0 bridgehead atoms. The predicted molar refractivity (Wildman–Crippen MR) is 137 cm³/mol. The second kappa shape index (κ2) is 12.2. The molecule has 0 heterocycles. The zero-order valence-corrected chi connectivity index (χ0v) is 22.0. The summed E-state index contributed by atoms with van der Waals surface area (Å²) in [6.07, 6.45) is 1.53. The Morgan fingerprint density at radius 1 is 1.12 bits per heavy atom. The van der Waals surface area contributed by atoms with Crippen LogP contribution in [0.25, 0.3) is 0 Å². The molecule has 2 aromatic carbocycles. The van der Waals surface area contributed by atoms with Gasteiger partial charge in [-0.3, -0.25) is 13.9 Å². The number of rotatable bonds is 11. The minimum atomic E-state index is -3.58. The zero-order valence-electron chi connectivity index (χ0n) is 20.5. The third-order valence-electron chi connectivity index (χ3n) is 5.61. The maximum absolute atomic E-state index is 13.2. The van der Waals surface area contributed by atoms with Crippen LogP contribution in [0.15, 0.2) is 42.5 Å². The fourth-order valence-electron chi connectivity index (χ4n) is 3.76. The van der Waals surface area contributed by atoms with Crippen LogP contribution in [0, 0.1) is 13.8 Å². The number of carbonyl (C=O) groups excluding carboxylic acids is 2. The number of likely N-dealkylation sites (N-methyl/N-ethyl adjacent to an activating group) is 1. The van der Waals surface area contributed by atoms with Gasteiger partial charge in [0.2, 0.25) is 21.8 Å². The van der Waals surface area contributed by atoms with Crippen molar-refractivity contribution in [1.82, 2.24) is 10.2 Å². The molecule has 2 aromatic rings. The third kappa shape index (κ3) is 7.46. The second-order valence-corrected chi connectivity index (χ2v) is 10.7. The van der Waals surface area contributed by atoms with E-state index in [0.29, 0.717) is 35.8 Å². The number of halogens is 1. The first-order valence-corrected chi connectivity index (χ1v) is 13.5. The Morgan fingerprint density at radius 2 is 1.79 bits per heavy atom. The van der Waals surface area contributed by atoms with Crippen LogP contribution in [0.4, 0.5) is 5.69 Å². The number of hydrogen-bond donors (Lipinski definition) is 1. The van der Waals surface area contributed by atoms with E-state index < -0.39 is 16.1 Å². The minimum Gasteiger partial charge on any atom is -0.355 e. The molecular formula is C25H34ClN3O4S. The minimum absolute atomic E-state index is 0.0984. The van der Waals surface area contributed by atoms with Gasteiger partial charge in [-0.2, -0.15) is 0 Å². The number of hydrogen-bond acceptors (Lipinski definition) is 4.